The number of halogens is 3. The highest BCUT2D eigenvalue weighted by molar-refractivity contribution is 5.98. The third kappa shape index (κ3) is 4.27. The van der Waals surface area contributed by atoms with Gasteiger partial charge in [-0.05, 0) is 13.0 Å². The highest BCUT2D eigenvalue weighted by Gasteiger charge is 2.31. The topological polar surface area (TPSA) is 111 Å². The summed E-state index contributed by atoms with van der Waals surface area (Å²) in [4.78, 5) is 25.9. The number of amides is 1. The third-order valence-electron chi connectivity index (χ3n) is 2.93. The Balaban J connectivity index is 2.07. The van der Waals surface area contributed by atoms with Crippen LogP contribution >= 0.6 is 0 Å². The first-order valence-electron chi connectivity index (χ1n) is 6.58. The number of rotatable bonds is 5. The van der Waals surface area contributed by atoms with Crippen molar-refractivity contribution in [2.45, 2.75) is 26.1 Å². The standard InChI is InChI=1S/C13H11F3N4O4/c1-7-3-2-4-8(11(7)20(22)23)12(21)17-6-9-18-10(24-19-9)5-13(14,15)16/h2-4H,5-6H2,1H3,(H,17,21). The molecular weight excluding hydrogens is 333 g/mol. The summed E-state index contributed by atoms with van der Waals surface area (Å²) in [6, 6.07) is 4.23. The molecule has 1 aromatic carbocycles. The molecule has 24 heavy (non-hydrogen) atoms. The summed E-state index contributed by atoms with van der Waals surface area (Å²) in [7, 11) is 0. The molecule has 0 aliphatic heterocycles. The van der Waals surface area contributed by atoms with Crippen LogP contribution in [-0.2, 0) is 13.0 Å². The van der Waals surface area contributed by atoms with Crippen LogP contribution in [0.5, 0.6) is 0 Å². The van der Waals surface area contributed by atoms with E-state index in [0.29, 0.717) is 5.56 Å². The largest absolute Gasteiger partial charge is 0.397 e. The monoisotopic (exact) mass is 344 g/mol. The lowest BCUT2D eigenvalue weighted by atomic mass is 10.1. The molecule has 1 N–H and O–H groups in total. The molecule has 0 saturated heterocycles. The SMILES string of the molecule is Cc1cccc(C(=O)NCc2noc(CC(F)(F)F)n2)c1[N+](=O)[O-]. The fraction of sp³-hybridized carbons (Fsp3) is 0.308. The Morgan fingerprint density at radius 3 is 2.75 bits per heavy atom. The number of aryl methyl sites for hydroxylation is 1. The Kier molecular flexibility index (Phi) is 4.81. The molecule has 1 aromatic heterocycles. The molecule has 128 valence electrons. The van der Waals surface area contributed by atoms with Gasteiger partial charge in [0, 0.05) is 5.56 Å². The maximum atomic E-state index is 12.2. The van der Waals surface area contributed by atoms with Gasteiger partial charge in [0.05, 0.1) is 11.5 Å². The third-order valence-corrected chi connectivity index (χ3v) is 2.93. The van der Waals surface area contributed by atoms with Crippen molar-refractivity contribution >= 4 is 11.6 Å². The molecular formula is C13H11F3N4O4. The van der Waals surface area contributed by atoms with E-state index in [1.807, 2.05) is 0 Å². The Labute approximate surface area is 132 Å². The van der Waals surface area contributed by atoms with Crippen LogP contribution in [-0.4, -0.2) is 27.1 Å². The number of nitrogens with zero attached hydrogens (tertiary/aromatic N) is 3. The first-order valence-corrected chi connectivity index (χ1v) is 6.58. The predicted molar refractivity (Wildman–Crippen MR) is 73.1 cm³/mol. The van der Waals surface area contributed by atoms with Gasteiger partial charge in [-0.2, -0.15) is 18.2 Å². The summed E-state index contributed by atoms with van der Waals surface area (Å²) >= 11 is 0. The summed E-state index contributed by atoms with van der Waals surface area (Å²) in [6.07, 6.45) is -5.87. The van der Waals surface area contributed by atoms with Crippen molar-refractivity contribution in [1.82, 2.24) is 15.5 Å². The normalized spacial score (nSPS) is 11.3. The number of carbonyl (C=O) groups is 1. The van der Waals surface area contributed by atoms with Gasteiger partial charge in [-0.15, -0.1) is 0 Å². The number of carbonyl (C=O) groups excluding carboxylic acids is 1. The molecule has 0 spiro atoms. The Bertz CT molecular complexity index is 773. The smallest absolute Gasteiger partial charge is 0.344 e. The van der Waals surface area contributed by atoms with Crippen LogP contribution in [0.1, 0.15) is 27.6 Å². The van der Waals surface area contributed by atoms with Gasteiger partial charge in [-0.3, -0.25) is 14.9 Å². The average Bonchev–Trinajstić information content (AvgIpc) is 2.89. The van der Waals surface area contributed by atoms with E-state index in [-0.39, 0.29) is 23.6 Å². The van der Waals surface area contributed by atoms with Crippen molar-refractivity contribution < 1.29 is 27.4 Å². The van der Waals surface area contributed by atoms with E-state index in [1.54, 1.807) is 0 Å². The van der Waals surface area contributed by atoms with Gasteiger partial charge in [0.25, 0.3) is 11.6 Å². The molecule has 0 atom stereocenters. The summed E-state index contributed by atoms with van der Waals surface area (Å²) in [5.41, 5.74) is -0.209. The number of nitro groups is 1. The fourth-order valence-corrected chi connectivity index (χ4v) is 1.94. The van der Waals surface area contributed by atoms with E-state index in [9.17, 15) is 28.1 Å². The zero-order valence-corrected chi connectivity index (χ0v) is 12.3. The van der Waals surface area contributed by atoms with E-state index in [4.69, 9.17) is 0 Å². The number of hydrogen-bond donors (Lipinski definition) is 1. The summed E-state index contributed by atoms with van der Waals surface area (Å²) < 4.78 is 41.0. The molecule has 2 aromatic rings. The summed E-state index contributed by atoms with van der Waals surface area (Å²) in [6.45, 7) is 1.16. The van der Waals surface area contributed by atoms with E-state index in [0.717, 1.165) is 0 Å². The predicted octanol–water partition coefficient (Wildman–Crippen LogP) is 2.32. The van der Waals surface area contributed by atoms with Crippen LogP contribution < -0.4 is 5.32 Å². The highest BCUT2D eigenvalue weighted by Crippen LogP contribution is 2.23. The van der Waals surface area contributed by atoms with Crippen molar-refractivity contribution in [3.63, 3.8) is 0 Å². The minimum Gasteiger partial charge on any atom is -0.344 e. The minimum atomic E-state index is -4.49. The Morgan fingerprint density at radius 1 is 1.42 bits per heavy atom. The Hall–Kier alpha value is -2.98. The lowest BCUT2D eigenvalue weighted by molar-refractivity contribution is -0.385. The second-order valence-corrected chi connectivity index (χ2v) is 4.81. The van der Waals surface area contributed by atoms with Gasteiger partial charge in [0.2, 0.25) is 5.89 Å². The van der Waals surface area contributed by atoms with Crippen LogP contribution in [0.3, 0.4) is 0 Å². The molecule has 8 nitrogen and oxygen atoms in total. The van der Waals surface area contributed by atoms with E-state index < -0.39 is 29.3 Å². The summed E-state index contributed by atoms with van der Waals surface area (Å²) in [5.74, 6) is -1.57. The zero-order valence-electron chi connectivity index (χ0n) is 12.3. The molecule has 2 rings (SSSR count). The molecule has 0 unspecified atom stereocenters. The molecule has 1 heterocycles. The van der Waals surface area contributed by atoms with Crippen molar-refractivity contribution in [3.8, 4) is 0 Å². The van der Waals surface area contributed by atoms with Crippen molar-refractivity contribution in [1.29, 1.82) is 0 Å². The number of nitrogens with one attached hydrogen (secondary N) is 1. The molecule has 11 heteroatoms. The van der Waals surface area contributed by atoms with Gasteiger partial charge < -0.3 is 9.84 Å². The number of hydrogen-bond acceptors (Lipinski definition) is 6. The number of nitro benzene ring substituents is 1. The van der Waals surface area contributed by atoms with Crippen LogP contribution in [0.15, 0.2) is 22.7 Å². The maximum absolute atomic E-state index is 12.2. The molecule has 0 aliphatic carbocycles. The van der Waals surface area contributed by atoms with Crippen molar-refractivity contribution in [2.75, 3.05) is 0 Å². The van der Waals surface area contributed by atoms with Crippen LogP contribution in [0.2, 0.25) is 0 Å². The first-order chi connectivity index (χ1) is 11.2. The number of aromatic nitrogens is 2. The van der Waals surface area contributed by atoms with E-state index in [1.165, 1.54) is 25.1 Å². The van der Waals surface area contributed by atoms with Crippen LogP contribution in [0.25, 0.3) is 0 Å². The fourth-order valence-electron chi connectivity index (χ4n) is 1.94. The Morgan fingerprint density at radius 2 is 2.12 bits per heavy atom. The lowest BCUT2D eigenvalue weighted by Crippen LogP contribution is -2.24. The molecule has 1 amide bonds. The lowest BCUT2D eigenvalue weighted by Gasteiger charge is -2.05. The van der Waals surface area contributed by atoms with Crippen LogP contribution in [0, 0.1) is 17.0 Å². The quantitative estimate of drug-likeness (QED) is 0.658. The molecule has 0 aliphatic rings. The van der Waals surface area contributed by atoms with Crippen molar-refractivity contribution in [3.05, 3.63) is 51.2 Å². The maximum Gasteiger partial charge on any atom is 0.397 e. The van der Waals surface area contributed by atoms with Gasteiger partial charge in [0.15, 0.2) is 5.82 Å². The second-order valence-electron chi connectivity index (χ2n) is 4.81. The number of para-hydroxylation sites is 1. The average molecular weight is 344 g/mol. The summed E-state index contributed by atoms with van der Waals surface area (Å²) in [5, 5.41) is 16.6. The number of alkyl halides is 3. The molecule has 0 radical (unpaired) electrons. The van der Waals surface area contributed by atoms with E-state index in [2.05, 4.69) is 20.0 Å². The number of benzene rings is 1. The van der Waals surface area contributed by atoms with Gasteiger partial charge in [-0.25, -0.2) is 0 Å². The van der Waals surface area contributed by atoms with Gasteiger partial charge in [-0.1, -0.05) is 17.3 Å². The van der Waals surface area contributed by atoms with Crippen molar-refractivity contribution in [2.24, 2.45) is 0 Å². The van der Waals surface area contributed by atoms with Crippen LogP contribution in [0.4, 0.5) is 18.9 Å². The molecule has 0 fully saturated rings. The zero-order chi connectivity index (χ0) is 17.9. The molecule has 0 saturated carbocycles. The molecule has 0 bridgehead atoms. The minimum absolute atomic E-state index is 0.168. The van der Waals surface area contributed by atoms with Gasteiger partial charge >= 0.3 is 6.18 Å². The van der Waals surface area contributed by atoms with Gasteiger partial charge in [0.1, 0.15) is 12.0 Å². The van der Waals surface area contributed by atoms with E-state index >= 15 is 0 Å². The highest BCUT2D eigenvalue weighted by atomic mass is 19.4. The first kappa shape index (κ1) is 17.4. The second kappa shape index (κ2) is 6.64.